The van der Waals surface area contributed by atoms with Crippen molar-refractivity contribution in [2.75, 3.05) is 12.3 Å². The van der Waals surface area contributed by atoms with Crippen molar-refractivity contribution in [1.82, 2.24) is 4.31 Å². The van der Waals surface area contributed by atoms with Gasteiger partial charge in [-0.05, 0) is 0 Å². The fraction of sp³-hybridized carbons (Fsp3) is 0.625. The number of sulfonamides is 1. The van der Waals surface area contributed by atoms with E-state index in [1.165, 1.54) is 6.08 Å². The maximum absolute atomic E-state index is 11.6. The number of β-amino-alcohol motifs (C(OH)–C–C–N with tert-alkyl or cyclic N) is 1. The zero-order valence-corrected chi connectivity index (χ0v) is 8.85. The van der Waals surface area contributed by atoms with E-state index in [0.29, 0.717) is 0 Å². The molecular formula is C8H13NO5S. The van der Waals surface area contributed by atoms with Crippen molar-refractivity contribution < 1.29 is 23.4 Å². The van der Waals surface area contributed by atoms with Gasteiger partial charge in [0.25, 0.3) is 0 Å². The maximum Gasteiger partial charge on any atom is 0.322 e. The van der Waals surface area contributed by atoms with E-state index in [9.17, 15) is 18.3 Å². The highest BCUT2D eigenvalue weighted by Crippen LogP contribution is 2.22. The number of carbonyl (C=O) groups is 1. The molecule has 1 saturated heterocycles. The number of rotatable bonds is 4. The van der Waals surface area contributed by atoms with E-state index in [0.717, 1.165) is 4.31 Å². The summed E-state index contributed by atoms with van der Waals surface area (Å²) in [5.41, 5.74) is 0. The van der Waals surface area contributed by atoms with Gasteiger partial charge in [0.05, 0.1) is 11.9 Å². The van der Waals surface area contributed by atoms with Crippen molar-refractivity contribution in [2.45, 2.75) is 18.6 Å². The molecule has 0 aliphatic carbocycles. The number of carboxylic acids is 1. The summed E-state index contributed by atoms with van der Waals surface area (Å²) in [6, 6.07) is -1.16. The van der Waals surface area contributed by atoms with E-state index in [-0.39, 0.29) is 18.7 Å². The molecule has 0 aromatic heterocycles. The van der Waals surface area contributed by atoms with E-state index in [2.05, 4.69) is 6.58 Å². The van der Waals surface area contributed by atoms with Gasteiger partial charge < -0.3 is 10.2 Å². The molecule has 0 amide bonds. The molecule has 1 fully saturated rings. The molecule has 0 bridgehead atoms. The SMILES string of the molecule is C=CCS(=O)(=O)N1C[C@H](O)C[C@@H]1C(=O)O. The Morgan fingerprint density at radius 3 is 2.67 bits per heavy atom. The van der Waals surface area contributed by atoms with E-state index >= 15 is 0 Å². The van der Waals surface area contributed by atoms with Gasteiger partial charge in [0.15, 0.2) is 0 Å². The average Bonchev–Trinajstić information content (AvgIpc) is 2.47. The Kier molecular flexibility index (Phi) is 3.48. The van der Waals surface area contributed by atoms with Crippen LogP contribution in [-0.2, 0) is 14.8 Å². The molecule has 86 valence electrons. The minimum absolute atomic E-state index is 0.0638. The molecule has 0 saturated carbocycles. The van der Waals surface area contributed by atoms with Crippen LogP contribution in [0.5, 0.6) is 0 Å². The number of carboxylic acid groups (broad SMARTS) is 1. The van der Waals surface area contributed by atoms with Gasteiger partial charge in [-0.15, -0.1) is 6.58 Å². The number of aliphatic carboxylic acids is 1. The van der Waals surface area contributed by atoms with Crippen LogP contribution in [0.1, 0.15) is 6.42 Å². The summed E-state index contributed by atoms with van der Waals surface area (Å²) >= 11 is 0. The first-order valence-corrected chi connectivity index (χ1v) is 6.00. The van der Waals surface area contributed by atoms with Gasteiger partial charge in [-0.3, -0.25) is 4.79 Å². The first-order valence-electron chi connectivity index (χ1n) is 4.39. The van der Waals surface area contributed by atoms with Gasteiger partial charge in [-0.2, -0.15) is 4.31 Å². The lowest BCUT2D eigenvalue weighted by atomic mass is 10.2. The van der Waals surface area contributed by atoms with Crippen LogP contribution in [0.4, 0.5) is 0 Å². The minimum Gasteiger partial charge on any atom is -0.480 e. The van der Waals surface area contributed by atoms with Crippen LogP contribution in [0, 0.1) is 0 Å². The smallest absolute Gasteiger partial charge is 0.322 e. The Labute approximate surface area is 87.9 Å². The van der Waals surface area contributed by atoms with Crippen LogP contribution >= 0.6 is 0 Å². The second kappa shape index (κ2) is 4.30. The molecule has 1 rings (SSSR count). The summed E-state index contributed by atoms with van der Waals surface area (Å²) in [5, 5.41) is 18.0. The summed E-state index contributed by atoms with van der Waals surface area (Å²) in [7, 11) is -3.66. The first kappa shape index (κ1) is 12.2. The Morgan fingerprint density at radius 2 is 2.20 bits per heavy atom. The van der Waals surface area contributed by atoms with Crippen molar-refractivity contribution in [3.8, 4) is 0 Å². The predicted molar refractivity (Wildman–Crippen MR) is 52.7 cm³/mol. The van der Waals surface area contributed by atoms with Crippen molar-refractivity contribution >= 4 is 16.0 Å². The molecule has 7 heteroatoms. The normalized spacial score (nSPS) is 27.8. The van der Waals surface area contributed by atoms with Crippen molar-refractivity contribution in [3.63, 3.8) is 0 Å². The largest absolute Gasteiger partial charge is 0.480 e. The molecule has 0 spiro atoms. The lowest BCUT2D eigenvalue weighted by molar-refractivity contribution is -0.140. The van der Waals surface area contributed by atoms with Crippen LogP contribution in [0.3, 0.4) is 0 Å². The number of nitrogens with zero attached hydrogens (tertiary/aromatic N) is 1. The Morgan fingerprint density at radius 1 is 1.60 bits per heavy atom. The molecular weight excluding hydrogens is 222 g/mol. The van der Waals surface area contributed by atoms with Gasteiger partial charge >= 0.3 is 5.97 Å². The molecule has 0 unspecified atom stereocenters. The number of aliphatic hydroxyl groups is 1. The Balaban J connectivity index is 2.93. The van der Waals surface area contributed by atoms with E-state index in [1.54, 1.807) is 0 Å². The Hall–Kier alpha value is -0.920. The lowest BCUT2D eigenvalue weighted by Gasteiger charge is -2.19. The third kappa shape index (κ3) is 2.55. The molecule has 2 N–H and O–H groups in total. The zero-order chi connectivity index (χ0) is 11.6. The summed E-state index contributed by atoms with van der Waals surface area (Å²) in [5.74, 6) is -1.55. The molecule has 6 nitrogen and oxygen atoms in total. The highest BCUT2D eigenvalue weighted by atomic mass is 32.2. The van der Waals surface area contributed by atoms with Gasteiger partial charge in [-0.25, -0.2) is 8.42 Å². The van der Waals surface area contributed by atoms with Crippen LogP contribution < -0.4 is 0 Å². The second-order valence-corrected chi connectivity index (χ2v) is 5.35. The lowest BCUT2D eigenvalue weighted by Crippen LogP contribution is -2.41. The van der Waals surface area contributed by atoms with Gasteiger partial charge in [0.2, 0.25) is 10.0 Å². The zero-order valence-electron chi connectivity index (χ0n) is 8.04. The van der Waals surface area contributed by atoms with Crippen LogP contribution in [-0.4, -0.2) is 53.3 Å². The second-order valence-electron chi connectivity index (χ2n) is 3.38. The van der Waals surface area contributed by atoms with Crippen molar-refractivity contribution in [3.05, 3.63) is 12.7 Å². The highest BCUT2D eigenvalue weighted by Gasteiger charge is 2.42. The number of hydrogen-bond donors (Lipinski definition) is 2. The van der Waals surface area contributed by atoms with Gasteiger partial charge in [-0.1, -0.05) is 6.08 Å². The third-order valence-electron chi connectivity index (χ3n) is 2.20. The standard InChI is InChI=1S/C8H13NO5S/c1-2-3-15(13,14)9-5-6(10)4-7(9)8(11)12/h2,6-7,10H,1,3-5H2,(H,11,12)/t6-,7-/m1/s1. The van der Waals surface area contributed by atoms with E-state index in [1.807, 2.05) is 0 Å². The average molecular weight is 235 g/mol. The van der Waals surface area contributed by atoms with Crippen LogP contribution in [0.15, 0.2) is 12.7 Å². The third-order valence-corrected chi connectivity index (χ3v) is 3.98. The summed E-state index contributed by atoms with van der Waals surface area (Å²) in [4.78, 5) is 10.8. The van der Waals surface area contributed by atoms with Crippen molar-refractivity contribution in [2.24, 2.45) is 0 Å². The highest BCUT2D eigenvalue weighted by molar-refractivity contribution is 7.89. The summed E-state index contributed by atoms with van der Waals surface area (Å²) < 4.78 is 24.0. The molecule has 0 aromatic rings. The Bertz CT molecular complexity index is 363. The quantitative estimate of drug-likeness (QED) is 0.611. The topological polar surface area (TPSA) is 94.9 Å². The maximum atomic E-state index is 11.6. The molecule has 0 aromatic carbocycles. The molecule has 1 aliphatic heterocycles. The molecule has 1 aliphatic rings. The molecule has 15 heavy (non-hydrogen) atoms. The van der Waals surface area contributed by atoms with Crippen LogP contribution in [0.25, 0.3) is 0 Å². The van der Waals surface area contributed by atoms with Crippen LogP contribution in [0.2, 0.25) is 0 Å². The summed E-state index contributed by atoms with van der Waals surface area (Å²) in [6.07, 6.45) is 0.218. The fourth-order valence-electron chi connectivity index (χ4n) is 1.56. The van der Waals surface area contributed by atoms with Gasteiger partial charge in [0, 0.05) is 13.0 Å². The molecule has 2 atom stereocenters. The van der Waals surface area contributed by atoms with Gasteiger partial charge in [0.1, 0.15) is 6.04 Å². The minimum atomic E-state index is -3.66. The number of aliphatic hydroxyl groups excluding tert-OH is 1. The van der Waals surface area contributed by atoms with E-state index in [4.69, 9.17) is 5.11 Å². The molecule has 0 radical (unpaired) electrons. The van der Waals surface area contributed by atoms with Crippen molar-refractivity contribution in [1.29, 1.82) is 0 Å². The van der Waals surface area contributed by atoms with E-state index < -0.39 is 28.1 Å². The fourth-order valence-corrected chi connectivity index (χ4v) is 3.01. The monoisotopic (exact) mass is 235 g/mol. The molecule has 1 heterocycles. The summed E-state index contributed by atoms with van der Waals surface area (Å²) in [6.45, 7) is 3.13. The predicted octanol–water partition coefficient (Wildman–Crippen LogP) is -0.978. The number of hydrogen-bond acceptors (Lipinski definition) is 4. The first-order chi connectivity index (χ1) is 6.88.